The van der Waals surface area contributed by atoms with Gasteiger partial charge in [0.25, 0.3) is 0 Å². The highest BCUT2D eigenvalue weighted by molar-refractivity contribution is 7.27. The smallest absolute Gasteiger partial charge is 0.0467 e. The predicted molar refractivity (Wildman–Crippen MR) is 451 cm³/mol. The molecule has 0 radical (unpaired) electrons. The molecule has 0 aliphatic rings. The van der Waals surface area contributed by atoms with Crippen LogP contribution in [0.25, 0.3) is 150 Å². The van der Waals surface area contributed by atoms with Crippen LogP contribution in [0.15, 0.2) is 400 Å². The molecule has 488 valence electrons. The molecule has 4 heteroatoms. The maximum Gasteiger partial charge on any atom is 0.0467 e. The van der Waals surface area contributed by atoms with E-state index in [4.69, 9.17) is 0 Å². The molecule has 20 aromatic rings. The van der Waals surface area contributed by atoms with Gasteiger partial charge in [0.2, 0.25) is 0 Å². The van der Waals surface area contributed by atoms with E-state index in [1.807, 2.05) is 22.7 Å². The van der Waals surface area contributed by atoms with Gasteiger partial charge >= 0.3 is 0 Å². The van der Waals surface area contributed by atoms with Gasteiger partial charge in [0.05, 0.1) is 0 Å². The van der Waals surface area contributed by atoms with Crippen molar-refractivity contribution in [1.82, 2.24) is 0 Å². The summed E-state index contributed by atoms with van der Waals surface area (Å²) in [4.78, 5) is 4.73. The van der Waals surface area contributed by atoms with Crippen molar-refractivity contribution in [2.45, 2.75) is 0 Å². The Morgan fingerprint density at radius 1 is 0.154 bits per heavy atom. The minimum absolute atomic E-state index is 1.11. The van der Waals surface area contributed by atoms with Gasteiger partial charge in [-0.3, -0.25) is 0 Å². The van der Waals surface area contributed by atoms with Crippen LogP contribution in [0, 0.1) is 0 Å². The van der Waals surface area contributed by atoms with E-state index in [0.29, 0.717) is 0 Å². The van der Waals surface area contributed by atoms with Gasteiger partial charge in [-0.05, 0) is 172 Å². The Kier molecular flexibility index (Phi) is 16.0. The van der Waals surface area contributed by atoms with E-state index in [-0.39, 0.29) is 0 Å². The Bertz CT molecular complexity index is 6460. The van der Waals surface area contributed by atoms with Crippen molar-refractivity contribution < 1.29 is 0 Å². The van der Waals surface area contributed by atoms with Gasteiger partial charge in [-0.1, -0.05) is 328 Å². The number of para-hydroxylation sites is 1. The van der Waals surface area contributed by atoms with Crippen molar-refractivity contribution in [2.75, 3.05) is 9.80 Å². The third-order valence-electron chi connectivity index (χ3n) is 20.5. The summed E-state index contributed by atoms with van der Waals surface area (Å²) in [7, 11) is 0. The van der Waals surface area contributed by atoms with Crippen LogP contribution in [0.5, 0.6) is 0 Å². The molecular formula is C100H66N2S2. The molecule has 2 nitrogen and oxygen atoms in total. The summed E-state index contributed by atoms with van der Waals surface area (Å²) < 4.78 is 5.35. The standard InChI is InChI=1S/2C50H33NS/c1-3-11-34(12-4-1)35-21-23-36(24-22-35)37-27-30-42(31-28-37)51(41-15-5-2-6-16-41)43-17-9-14-40(33-43)45-19-10-20-46-47-32-29-39-26-25-38-13-7-8-18-44(38)48(39)50(47)52-49(45)46;1-3-11-34(12-4-1)36-23-28-41(29-24-36)51(42-30-25-37(26-31-42)35-13-5-2-6-14-35)43-17-9-16-40(33-43)45-19-10-20-46-47-32-27-39-22-21-38-15-7-8-18-44(38)48(39)50(47)52-49(45)46/h2*1-33H. The zero-order chi connectivity index (χ0) is 68.9. The number of nitrogens with zero attached hydrogens (tertiary/aromatic N) is 2. The van der Waals surface area contributed by atoms with E-state index >= 15 is 0 Å². The number of fused-ring (bicyclic) bond motifs is 14. The maximum atomic E-state index is 2.37. The second-order valence-electron chi connectivity index (χ2n) is 26.6. The quantitative estimate of drug-likeness (QED) is 0.113. The number of hydrogen-bond acceptors (Lipinski definition) is 4. The van der Waals surface area contributed by atoms with Gasteiger partial charge in [-0.15, -0.1) is 22.7 Å². The molecule has 18 aromatic carbocycles. The fourth-order valence-corrected chi connectivity index (χ4v) is 18.2. The van der Waals surface area contributed by atoms with Crippen LogP contribution in [-0.4, -0.2) is 0 Å². The zero-order valence-corrected chi connectivity index (χ0v) is 58.4. The van der Waals surface area contributed by atoms with Crippen LogP contribution in [-0.2, 0) is 0 Å². The van der Waals surface area contributed by atoms with Crippen molar-refractivity contribution in [3.05, 3.63) is 400 Å². The molecule has 0 atom stereocenters. The molecule has 104 heavy (non-hydrogen) atoms. The molecule has 0 aliphatic carbocycles. The first-order chi connectivity index (χ1) is 51.6. The monoisotopic (exact) mass is 1360 g/mol. The first-order valence-corrected chi connectivity index (χ1v) is 37.1. The lowest BCUT2D eigenvalue weighted by Gasteiger charge is -2.26. The van der Waals surface area contributed by atoms with Gasteiger partial charge in [0.1, 0.15) is 0 Å². The summed E-state index contributed by atoms with van der Waals surface area (Å²) in [5.41, 5.74) is 21.3. The third-order valence-corrected chi connectivity index (χ3v) is 23.0. The van der Waals surface area contributed by atoms with E-state index < -0.39 is 0 Å². The highest BCUT2D eigenvalue weighted by Crippen LogP contribution is 2.49. The summed E-state index contributed by atoms with van der Waals surface area (Å²) in [5.74, 6) is 0. The van der Waals surface area contributed by atoms with Gasteiger partial charge in [-0.2, -0.15) is 0 Å². The van der Waals surface area contributed by atoms with Crippen LogP contribution >= 0.6 is 22.7 Å². The molecule has 0 aliphatic heterocycles. The van der Waals surface area contributed by atoms with Crippen molar-refractivity contribution in [1.29, 1.82) is 0 Å². The Hall–Kier alpha value is -13.0. The summed E-state index contributed by atoms with van der Waals surface area (Å²) in [6.45, 7) is 0. The van der Waals surface area contributed by atoms with Gasteiger partial charge < -0.3 is 9.80 Å². The maximum absolute atomic E-state index is 2.37. The Morgan fingerprint density at radius 3 is 0.798 bits per heavy atom. The van der Waals surface area contributed by atoms with Crippen LogP contribution < -0.4 is 9.80 Å². The lowest BCUT2D eigenvalue weighted by molar-refractivity contribution is 1.28. The lowest BCUT2D eigenvalue weighted by atomic mass is 9.98. The largest absolute Gasteiger partial charge is 0.310 e. The molecule has 0 bridgehead atoms. The number of benzene rings is 18. The van der Waals surface area contributed by atoms with Crippen LogP contribution in [0.1, 0.15) is 0 Å². The number of rotatable bonds is 12. The fourth-order valence-electron chi connectivity index (χ4n) is 15.4. The second kappa shape index (κ2) is 26.9. The normalized spacial score (nSPS) is 11.5. The van der Waals surface area contributed by atoms with E-state index in [1.165, 1.54) is 150 Å². The van der Waals surface area contributed by atoms with Gasteiger partial charge in [-0.25, -0.2) is 0 Å². The average molecular weight is 1360 g/mol. The molecule has 0 saturated heterocycles. The highest BCUT2D eigenvalue weighted by atomic mass is 32.1. The Balaban J connectivity index is 0.000000143. The molecule has 2 heterocycles. The number of anilines is 6. The summed E-state index contributed by atoms with van der Waals surface area (Å²) in [6.07, 6.45) is 0. The van der Waals surface area contributed by atoms with Crippen molar-refractivity contribution in [3.63, 3.8) is 0 Å². The molecule has 0 N–H and O–H groups in total. The zero-order valence-electron chi connectivity index (χ0n) is 56.8. The molecular weight excluding hydrogens is 1290 g/mol. The predicted octanol–water partition coefficient (Wildman–Crippen LogP) is 29.7. The molecule has 0 spiro atoms. The van der Waals surface area contributed by atoms with Gasteiger partial charge in [0, 0.05) is 85.2 Å². The molecule has 0 amide bonds. The number of thiophene rings is 2. The summed E-state index contributed by atoms with van der Waals surface area (Å²) in [6, 6.07) is 145. The minimum atomic E-state index is 1.11. The minimum Gasteiger partial charge on any atom is -0.310 e. The molecule has 20 rings (SSSR count). The van der Waals surface area contributed by atoms with E-state index in [1.54, 1.807) is 0 Å². The third kappa shape index (κ3) is 11.5. The fraction of sp³-hybridized carbons (Fsp3) is 0. The summed E-state index contributed by atoms with van der Waals surface area (Å²) in [5, 5.41) is 15.7. The SMILES string of the molecule is c1ccc(-c2ccc(-c3ccc(N(c4ccccc4)c4cccc(-c5cccc6c5sc5c6ccc6ccc7ccccc7c65)c4)cc3)cc2)cc1.c1ccc(-c2ccc(N(c3ccc(-c4ccccc4)cc3)c3cccc(-c4cccc5c4sc4c5ccc5ccc6ccccc6c54)c3)cc2)cc1. The van der Waals surface area contributed by atoms with Crippen molar-refractivity contribution in [3.8, 4) is 66.8 Å². The van der Waals surface area contributed by atoms with E-state index in [9.17, 15) is 0 Å². The molecule has 0 saturated carbocycles. The Morgan fingerprint density at radius 2 is 0.413 bits per heavy atom. The average Bonchev–Trinajstić information content (AvgIpc) is 1.57. The van der Waals surface area contributed by atoms with Crippen LogP contribution in [0.4, 0.5) is 34.1 Å². The van der Waals surface area contributed by atoms with Crippen LogP contribution in [0.3, 0.4) is 0 Å². The molecule has 2 aromatic heterocycles. The summed E-state index contributed by atoms with van der Waals surface area (Å²) >= 11 is 3.84. The topological polar surface area (TPSA) is 6.48 Å². The second-order valence-corrected chi connectivity index (χ2v) is 28.7. The number of hydrogen-bond donors (Lipinski definition) is 0. The van der Waals surface area contributed by atoms with Crippen molar-refractivity contribution >= 4 is 140 Å². The first kappa shape index (κ1) is 62.1. The van der Waals surface area contributed by atoms with Crippen molar-refractivity contribution in [2.24, 2.45) is 0 Å². The van der Waals surface area contributed by atoms with E-state index in [0.717, 1.165) is 34.1 Å². The van der Waals surface area contributed by atoms with E-state index in [2.05, 4.69) is 410 Å². The molecule has 0 fully saturated rings. The lowest BCUT2D eigenvalue weighted by Crippen LogP contribution is -2.10. The molecule has 0 unspecified atom stereocenters. The first-order valence-electron chi connectivity index (χ1n) is 35.5. The highest BCUT2D eigenvalue weighted by Gasteiger charge is 2.21. The Labute approximate surface area is 612 Å². The van der Waals surface area contributed by atoms with Gasteiger partial charge in [0.15, 0.2) is 0 Å². The van der Waals surface area contributed by atoms with Crippen LogP contribution in [0.2, 0.25) is 0 Å².